The number of aromatic hydroxyl groups is 1. The van der Waals surface area contributed by atoms with Crippen LogP contribution in [-0.2, 0) is 6.54 Å². The summed E-state index contributed by atoms with van der Waals surface area (Å²) in [5.41, 5.74) is 1.80. The number of aliphatic hydroxyl groups excluding tert-OH is 2. The molecule has 1 aliphatic carbocycles. The predicted octanol–water partition coefficient (Wildman–Crippen LogP) is 0.548. The molecule has 2 aliphatic heterocycles. The number of benzene rings is 2. The monoisotopic (exact) mass is 483 g/mol. The SMILES string of the molecule is C[C@@H]1[C@H](O)[C@@H](O)[C@H](NC(=O)c2cccc(CN(C)C)c2)[C@@H]2c3cc4c(c(O)c3C(=O)N[C@@H]12)OCO4. The third-order valence-electron chi connectivity index (χ3n) is 7.14. The fourth-order valence-corrected chi connectivity index (χ4v) is 5.46. The number of aliphatic hydroxyl groups is 2. The zero-order chi connectivity index (χ0) is 25.0. The zero-order valence-corrected chi connectivity index (χ0v) is 19.7. The molecule has 1 fully saturated rings. The van der Waals surface area contributed by atoms with Crippen LogP contribution < -0.4 is 20.1 Å². The van der Waals surface area contributed by atoms with Gasteiger partial charge in [0.2, 0.25) is 12.5 Å². The molecule has 2 aromatic carbocycles. The number of nitrogens with one attached hydrogen (secondary N) is 2. The van der Waals surface area contributed by atoms with Crippen molar-refractivity contribution >= 4 is 11.8 Å². The Morgan fingerprint density at radius 1 is 1.20 bits per heavy atom. The number of ether oxygens (including phenoxy) is 2. The van der Waals surface area contributed by atoms with Crippen LogP contribution in [0.3, 0.4) is 0 Å². The van der Waals surface area contributed by atoms with Gasteiger partial charge in [0.25, 0.3) is 11.8 Å². The number of amides is 2. The van der Waals surface area contributed by atoms with E-state index in [4.69, 9.17) is 9.47 Å². The van der Waals surface area contributed by atoms with Crippen LogP contribution in [0.5, 0.6) is 17.2 Å². The number of hydrogen-bond donors (Lipinski definition) is 5. The molecule has 0 saturated heterocycles. The molecule has 1 saturated carbocycles. The van der Waals surface area contributed by atoms with Gasteiger partial charge >= 0.3 is 0 Å². The predicted molar refractivity (Wildman–Crippen MR) is 124 cm³/mol. The van der Waals surface area contributed by atoms with Crippen molar-refractivity contribution < 1.29 is 34.4 Å². The lowest BCUT2D eigenvalue weighted by molar-refractivity contribution is -0.0760. The molecule has 5 N–H and O–H groups in total. The van der Waals surface area contributed by atoms with E-state index in [-0.39, 0.29) is 29.6 Å². The summed E-state index contributed by atoms with van der Waals surface area (Å²) < 4.78 is 10.8. The molecule has 186 valence electrons. The molecule has 5 rings (SSSR count). The van der Waals surface area contributed by atoms with Gasteiger partial charge in [-0.25, -0.2) is 0 Å². The highest BCUT2D eigenvalue weighted by molar-refractivity contribution is 6.02. The van der Waals surface area contributed by atoms with Crippen molar-refractivity contribution in [3.63, 3.8) is 0 Å². The molecular formula is C25H29N3O7. The van der Waals surface area contributed by atoms with Crippen molar-refractivity contribution in [1.82, 2.24) is 15.5 Å². The molecule has 2 aromatic rings. The highest BCUT2D eigenvalue weighted by atomic mass is 16.7. The number of carbonyl (C=O) groups is 2. The lowest BCUT2D eigenvalue weighted by Crippen LogP contribution is -2.67. The normalized spacial score (nSPS) is 28.8. The average Bonchev–Trinajstić information content (AvgIpc) is 3.29. The van der Waals surface area contributed by atoms with E-state index in [0.29, 0.717) is 17.7 Å². The highest BCUT2D eigenvalue weighted by Gasteiger charge is 2.53. The quantitative estimate of drug-likeness (QED) is 0.425. The second kappa shape index (κ2) is 8.71. The summed E-state index contributed by atoms with van der Waals surface area (Å²) in [5, 5.41) is 38.4. The summed E-state index contributed by atoms with van der Waals surface area (Å²) in [7, 11) is 3.87. The highest BCUT2D eigenvalue weighted by Crippen LogP contribution is 2.50. The molecule has 0 spiro atoms. The van der Waals surface area contributed by atoms with Crippen LogP contribution in [0.1, 0.15) is 44.7 Å². The summed E-state index contributed by atoms with van der Waals surface area (Å²) in [4.78, 5) is 28.2. The largest absolute Gasteiger partial charge is 0.504 e. The molecule has 0 unspecified atom stereocenters. The van der Waals surface area contributed by atoms with Crippen LogP contribution in [-0.4, -0.2) is 77.2 Å². The van der Waals surface area contributed by atoms with Crippen molar-refractivity contribution in [3.05, 3.63) is 52.6 Å². The summed E-state index contributed by atoms with van der Waals surface area (Å²) in [6.45, 7) is 2.29. The Kier molecular flexibility index (Phi) is 5.82. The Hall–Kier alpha value is -3.34. The number of phenols is 1. The molecule has 35 heavy (non-hydrogen) atoms. The van der Waals surface area contributed by atoms with Crippen LogP contribution in [0.2, 0.25) is 0 Å². The van der Waals surface area contributed by atoms with Gasteiger partial charge in [0.15, 0.2) is 11.5 Å². The van der Waals surface area contributed by atoms with Crippen LogP contribution in [0, 0.1) is 5.92 Å². The van der Waals surface area contributed by atoms with E-state index in [9.17, 15) is 24.9 Å². The molecule has 2 amide bonds. The second-order valence-electron chi connectivity index (χ2n) is 9.73. The van der Waals surface area contributed by atoms with Crippen LogP contribution in [0.25, 0.3) is 0 Å². The van der Waals surface area contributed by atoms with Gasteiger partial charge in [0.1, 0.15) is 6.10 Å². The number of rotatable bonds is 4. The zero-order valence-electron chi connectivity index (χ0n) is 19.7. The molecule has 10 nitrogen and oxygen atoms in total. The number of nitrogens with zero attached hydrogens (tertiary/aromatic N) is 1. The smallest absolute Gasteiger partial charge is 0.255 e. The third-order valence-corrected chi connectivity index (χ3v) is 7.14. The van der Waals surface area contributed by atoms with E-state index in [1.54, 1.807) is 31.2 Å². The molecule has 0 radical (unpaired) electrons. The molecule has 0 bridgehead atoms. The Labute approximate surface area is 202 Å². The van der Waals surface area contributed by atoms with Crippen molar-refractivity contribution in [2.45, 2.75) is 43.7 Å². The van der Waals surface area contributed by atoms with Crippen molar-refractivity contribution in [2.75, 3.05) is 20.9 Å². The number of hydrogen-bond acceptors (Lipinski definition) is 8. The number of carbonyl (C=O) groups excluding carboxylic acids is 2. The first kappa shape index (κ1) is 23.4. The van der Waals surface area contributed by atoms with Crippen LogP contribution in [0.15, 0.2) is 30.3 Å². The van der Waals surface area contributed by atoms with Gasteiger partial charge in [-0.3, -0.25) is 9.59 Å². The first-order valence-electron chi connectivity index (χ1n) is 11.5. The van der Waals surface area contributed by atoms with Crippen molar-refractivity contribution in [3.8, 4) is 17.2 Å². The topological polar surface area (TPSA) is 141 Å². The van der Waals surface area contributed by atoms with Crippen molar-refractivity contribution in [1.29, 1.82) is 0 Å². The van der Waals surface area contributed by atoms with Gasteiger partial charge in [-0.1, -0.05) is 19.1 Å². The van der Waals surface area contributed by atoms with Gasteiger partial charge in [-0.05, 0) is 43.4 Å². The maximum atomic E-state index is 13.3. The molecule has 3 aliphatic rings. The first-order valence-corrected chi connectivity index (χ1v) is 11.5. The molecule has 10 heteroatoms. The molecule has 2 heterocycles. The molecule has 6 atom stereocenters. The maximum absolute atomic E-state index is 13.3. The third kappa shape index (κ3) is 3.87. The number of phenolic OH excluding ortho intramolecular Hbond substituents is 1. The van der Waals surface area contributed by atoms with Crippen molar-refractivity contribution in [2.24, 2.45) is 5.92 Å². The van der Waals surface area contributed by atoms with E-state index >= 15 is 0 Å². The Morgan fingerprint density at radius 3 is 2.71 bits per heavy atom. The summed E-state index contributed by atoms with van der Waals surface area (Å²) in [5.74, 6) is -2.07. The summed E-state index contributed by atoms with van der Waals surface area (Å²) in [6, 6.07) is 7.24. The minimum atomic E-state index is -1.31. The van der Waals surface area contributed by atoms with Gasteiger partial charge in [0, 0.05) is 30.0 Å². The number of fused-ring (bicyclic) bond motifs is 4. The summed E-state index contributed by atoms with van der Waals surface area (Å²) in [6.07, 6.45) is -2.50. The van der Waals surface area contributed by atoms with Gasteiger partial charge < -0.3 is 40.3 Å². The van der Waals surface area contributed by atoms with E-state index < -0.39 is 47.9 Å². The van der Waals surface area contributed by atoms with Gasteiger partial charge in [-0.2, -0.15) is 0 Å². The van der Waals surface area contributed by atoms with Crippen LogP contribution in [0.4, 0.5) is 0 Å². The standard InChI is InChI=1S/C25H29N3O7/c1-11-18-16(14-8-15-23(35-10-34-15)21(30)17(14)25(33)26-18)19(22(31)20(11)29)27-24(32)13-6-4-5-12(7-13)9-28(2)3/h4-8,11,16,18-20,22,29-31H,9-10H2,1-3H3,(H,26,33)(H,27,32)/t11-,16+,18-,19+,20-,22-/m0/s1. The van der Waals surface area contributed by atoms with E-state index in [1.165, 1.54) is 0 Å². The Balaban J connectivity index is 1.54. The van der Waals surface area contributed by atoms with Gasteiger partial charge in [-0.15, -0.1) is 0 Å². The maximum Gasteiger partial charge on any atom is 0.255 e. The Morgan fingerprint density at radius 2 is 1.97 bits per heavy atom. The average molecular weight is 484 g/mol. The minimum Gasteiger partial charge on any atom is -0.504 e. The lowest BCUT2D eigenvalue weighted by atomic mass is 9.66. The fourth-order valence-electron chi connectivity index (χ4n) is 5.46. The second-order valence-corrected chi connectivity index (χ2v) is 9.73. The molecular weight excluding hydrogens is 454 g/mol. The molecule has 0 aromatic heterocycles. The first-order chi connectivity index (χ1) is 16.7. The fraction of sp³-hybridized carbons (Fsp3) is 0.440. The van der Waals surface area contributed by atoms with E-state index in [1.807, 2.05) is 25.1 Å². The van der Waals surface area contributed by atoms with Crippen LogP contribution >= 0.6 is 0 Å². The Bertz CT molecular complexity index is 1180. The van der Waals surface area contributed by atoms with E-state index in [0.717, 1.165) is 5.56 Å². The minimum absolute atomic E-state index is 0.0125. The summed E-state index contributed by atoms with van der Waals surface area (Å²) >= 11 is 0. The van der Waals surface area contributed by atoms with Gasteiger partial charge in [0.05, 0.1) is 17.7 Å². The lowest BCUT2D eigenvalue weighted by Gasteiger charge is -2.50. The van der Waals surface area contributed by atoms with E-state index in [2.05, 4.69) is 10.6 Å².